The van der Waals surface area contributed by atoms with Crippen LogP contribution in [0.15, 0.2) is 35.1 Å². The molecular weight excluding hydrogens is 327 g/mol. The molecule has 0 spiro atoms. The van der Waals surface area contributed by atoms with Crippen molar-refractivity contribution in [2.45, 2.75) is 13.0 Å². The number of pyridine rings is 1. The van der Waals surface area contributed by atoms with Crippen LogP contribution in [0.5, 0.6) is 0 Å². The summed E-state index contributed by atoms with van der Waals surface area (Å²) in [6.45, 7) is 4.32. The zero-order valence-electron chi connectivity index (χ0n) is 12.1. The predicted octanol–water partition coefficient (Wildman–Crippen LogP) is 2.01. The fourth-order valence-corrected chi connectivity index (χ4v) is 2.31. The average molecular weight is 345 g/mol. The molecule has 1 aliphatic rings. The third-order valence-corrected chi connectivity index (χ3v) is 3.44. The largest absolute Gasteiger partial charge is 0.355 e. The van der Waals surface area contributed by atoms with Gasteiger partial charge in [-0.15, -0.1) is 24.8 Å². The number of hydrogen-bond donors (Lipinski definition) is 1. The monoisotopic (exact) mass is 344 g/mol. The Labute approximate surface area is 141 Å². The van der Waals surface area contributed by atoms with Crippen LogP contribution in [0.1, 0.15) is 17.4 Å². The second kappa shape index (κ2) is 8.12. The van der Waals surface area contributed by atoms with Crippen molar-refractivity contribution in [1.29, 1.82) is 0 Å². The van der Waals surface area contributed by atoms with E-state index in [4.69, 9.17) is 4.52 Å². The molecule has 0 radical (unpaired) electrons. The molecule has 1 N–H and O–H groups in total. The Kier molecular flexibility index (Phi) is 6.80. The maximum Gasteiger partial charge on any atom is 0.276 e. The zero-order chi connectivity index (χ0) is 13.9. The molecule has 22 heavy (non-hydrogen) atoms. The van der Waals surface area contributed by atoms with Crippen LogP contribution in [-0.4, -0.2) is 46.6 Å². The summed E-state index contributed by atoms with van der Waals surface area (Å²) >= 11 is 0. The Morgan fingerprint density at radius 2 is 2.27 bits per heavy atom. The van der Waals surface area contributed by atoms with Crippen LogP contribution in [0.25, 0.3) is 11.3 Å². The molecule has 8 heteroatoms. The molecule has 0 aliphatic carbocycles. The van der Waals surface area contributed by atoms with Crippen molar-refractivity contribution >= 4 is 30.7 Å². The van der Waals surface area contributed by atoms with E-state index in [1.165, 1.54) is 0 Å². The first-order valence-electron chi connectivity index (χ1n) is 6.64. The van der Waals surface area contributed by atoms with Crippen molar-refractivity contribution in [3.8, 4) is 11.3 Å². The van der Waals surface area contributed by atoms with Gasteiger partial charge >= 0.3 is 0 Å². The first kappa shape index (κ1) is 18.4. The quantitative estimate of drug-likeness (QED) is 0.902. The van der Waals surface area contributed by atoms with Gasteiger partial charge in [-0.1, -0.05) is 5.16 Å². The highest BCUT2D eigenvalue weighted by atomic mass is 35.5. The smallest absolute Gasteiger partial charge is 0.276 e. The van der Waals surface area contributed by atoms with Crippen LogP contribution in [0.3, 0.4) is 0 Å². The minimum atomic E-state index is -0.0853. The number of halogens is 2. The Hall–Kier alpha value is -1.63. The van der Waals surface area contributed by atoms with Gasteiger partial charge in [-0.25, -0.2) is 0 Å². The van der Waals surface area contributed by atoms with Gasteiger partial charge in [0.2, 0.25) is 0 Å². The second-order valence-electron chi connectivity index (χ2n) is 4.87. The van der Waals surface area contributed by atoms with E-state index in [0.29, 0.717) is 18.0 Å². The number of hydrogen-bond acceptors (Lipinski definition) is 5. The second-order valence-corrected chi connectivity index (χ2v) is 4.87. The molecule has 0 unspecified atom stereocenters. The lowest BCUT2D eigenvalue weighted by atomic mass is 10.2. The van der Waals surface area contributed by atoms with Crippen LogP contribution in [-0.2, 0) is 0 Å². The van der Waals surface area contributed by atoms with Crippen molar-refractivity contribution in [2.24, 2.45) is 0 Å². The Balaban J connectivity index is 0.00000121. The van der Waals surface area contributed by atoms with E-state index in [1.807, 2.05) is 24.0 Å². The van der Waals surface area contributed by atoms with Crippen molar-refractivity contribution in [1.82, 2.24) is 20.4 Å². The molecule has 1 aliphatic heterocycles. The molecule has 1 fully saturated rings. The highest BCUT2D eigenvalue weighted by molar-refractivity contribution is 5.93. The highest BCUT2D eigenvalue weighted by Crippen LogP contribution is 2.20. The topological polar surface area (TPSA) is 71.3 Å². The fraction of sp³-hybridized carbons (Fsp3) is 0.357. The summed E-state index contributed by atoms with van der Waals surface area (Å²) in [6.07, 6.45) is 3.37. The van der Waals surface area contributed by atoms with E-state index < -0.39 is 0 Å². The van der Waals surface area contributed by atoms with Gasteiger partial charge in [0.25, 0.3) is 5.91 Å². The summed E-state index contributed by atoms with van der Waals surface area (Å²) in [5, 5.41) is 7.14. The molecule has 1 amide bonds. The van der Waals surface area contributed by atoms with Gasteiger partial charge in [-0.3, -0.25) is 9.78 Å². The third kappa shape index (κ3) is 3.76. The molecule has 0 saturated carbocycles. The molecule has 3 rings (SSSR count). The van der Waals surface area contributed by atoms with E-state index in [2.05, 4.69) is 15.5 Å². The third-order valence-electron chi connectivity index (χ3n) is 3.44. The molecule has 1 saturated heterocycles. The number of carbonyl (C=O) groups excluding carboxylic acids is 1. The van der Waals surface area contributed by atoms with Crippen LogP contribution >= 0.6 is 24.8 Å². The molecule has 3 heterocycles. The number of nitrogens with one attached hydrogen (secondary N) is 1. The first-order valence-corrected chi connectivity index (χ1v) is 6.64. The first-order chi connectivity index (χ1) is 9.75. The van der Waals surface area contributed by atoms with Crippen LogP contribution in [0.2, 0.25) is 0 Å². The fourth-order valence-electron chi connectivity index (χ4n) is 2.31. The number of piperazine rings is 1. The van der Waals surface area contributed by atoms with Gasteiger partial charge in [0.15, 0.2) is 11.5 Å². The molecular formula is C14H18Cl2N4O2. The van der Waals surface area contributed by atoms with Gasteiger partial charge in [-0.2, -0.15) is 0 Å². The molecule has 0 bridgehead atoms. The van der Waals surface area contributed by atoms with Crippen molar-refractivity contribution in [3.63, 3.8) is 0 Å². The highest BCUT2D eigenvalue weighted by Gasteiger charge is 2.26. The lowest BCUT2D eigenvalue weighted by Crippen LogP contribution is -2.52. The Morgan fingerprint density at radius 1 is 1.45 bits per heavy atom. The summed E-state index contributed by atoms with van der Waals surface area (Å²) in [4.78, 5) is 18.3. The number of amides is 1. The summed E-state index contributed by atoms with van der Waals surface area (Å²) in [5.74, 6) is 0.474. The maximum absolute atomic E-state index is 12.4. The molecule has 2 aromatic rings. The number of carbonyl (C=O) groups is 1. The Bertz CT molecular complexity index is 606. The van der Waals surface area contributed by atoms with Gasteiger partial charge < -0.3 is 14.7 Å². The van der Waals surface area contributed by atoms with Crippen LogP contribution in [0, 0.1) is 0 Å². The number of nitrogens with zero attached hydrogens (tertiary/aromatic N) is 3. The minimum absolute atomic E-state index is 0. The van der Waals surface area contributed by atoms with E-state index >= 15 is 0 Å². The molecule has 0 aromatic carbocycles. The summed E-state index contributed by atoms with van der Waals surface area (Å²) in [6, 6.07) is 5.52. The minimum Gasteiger partial charge on any atom is -0.355 e. The SMILES string of the molecule is C[C@@H]1CNCCN1C(=O)c1cc(-c2cccnc2)on1.Cl.Cl. The molecule has 120 valence electrons. The molecule has 2 aromatic heterocycles. The predicted molar refractivity (Wildman–Crippen MR) is 87.6 cm³/mol. The van der Waals surface area contributed by atoms with Gasteiger partial charge in [0, 0.05) is 49.7 Å². The zero-order valence-corrected chi connectivity index (χ0v) is 13.7. The van der Waals surface area contributed by atoms with E-state index in [9.17, 15) is 4.79 Å². The summed E-state index contributed by atoms with van der Waals surface area (Å²) in [7, 11) is 0. The lowest BCUT2D eigenvalue weighted by molar-refractivity contribution is 0.0645. The van der Waals surface area contributed by atoms with Gasteiger partial charge in [-0.05, 0) is 19.1 Å². The number of rotatable bonds is 2. The van der Waals surface area contributed by atoms with Crippen molar-refractivity contribution < 1.29 is 9.32 Å². The van der Waals surface area contributed by atoms with E-state index in [1.54, 1.807) is 18.5 Å². The summed E-state index contributed by atoms with van der Waals surface area (Å²) in [5.41, 5.74) is 1.16. The van der Waals surface area contributed by atoms with Gasteiger partial charge in [0.1, 0.15) is 0 Å². The van der Waals surface area contributed by atoms with E-state index in [-0.39, 0.29) is 36.8 Å². The maximum atomic E-state index is 12.4. The average Bonchev–Trinajstić information content (AvgIpc) is 2.98. The molecule has 6 nitrogen and oxygen atoms in total. The lowest BCUT2D eigenvalue weighted by Gasteiger charge is -2.33. The number of aromatic nitrogens is 2. The van der Waals surface area contributed by atoms with Crippen molar-refractivity contribution in [3.05, 3.63) is 36.3 Å². The standard InChI is InChI=1S/C14H16N4O2.2ClH/c1-10-8-16-5-6-18(10)14(19)12-7-13(20-17-12)11-3-2-4-15-9-11;;/h2-4,7,9-10,16H,5-6,8H2,1H3;2*1H/t10-;;/m1../s1. The molecule has 1 atom stereocenters. The summed E-state index contributed by atoms with van der Waals surface area (Å²) < 4.78 is 5.24. The van der Waals surface area contributed by atoms with E-state index in [0.717, 1.165) is 18.7 Å². The van der Waals surface area contributed by atoms with Gasteiger partial charge in [0.05, 0.1) is 0 Å². The van der Waals surface area contributed by atoms with Crippen molar-refractivity contribution in [2.75, 3.05) is 19.6 Å². The normalized spacial score (nSPS) is 17.3. The van der Waals surface area contributed by atoms with Crippen LogP contribution < -0.4 is 5.32 Å². The van der Waals surface area contributed by atoms with Crippen LogP contribution in [0.4, 0.5) is 0 Å². The Morgan fingerprint density at radius 3 is 2.95 bits per heavy atom.